The van der Waals surface area contributed by atoms with E-state index in [1.807, 2.05) is 20.8 Å². The van der Waals surface area contributed by atoms with Crippen molar-refractivity contribution < 1.29 is 14.1 Å². The zero-order valence-corrected chi connectivity index (χ0v) is 10.6. The standard InChI is InChI=1S/C11H17N3O3/c1-7-12-9(17-13-7)8-5-6-14(8)10(15)16-11(2,3)4/h8H,5-6H2,1-4H3/t8-/m0/s1. The molecule has 1 atom stereocenters. The molecule has 2 heterocycles. The van der Waals surface area contributed by atoms with Crippen LogP contribution in [0.2, 0.25) is 0 Å². The summed E-state index contributed by atoms with van der Waals surface area (Å²) in [6.07, 6.45) is 0.505. The zero-order chi connectivity index (χ0) is 12.6. The minimum Gasteiger partial charge on any atom is -0.444 e. The van der Waals surface area contributed by atoms with Gasteiger partial charge in [-0.2, -0.15) is 4.98 Å². The molecular formula is C11H17N3O3. The Balaban J connectivity index is 2.02. The molecular weight excluding hydrogens is 222 g/mol. The van der Waals surface area contributed by atoms with E-state index in [1.54, 1.807) is 11.8 Å². The van der Waals surface area contributed by atoms with Crippen molar-refractivity contribution in [1.82, 2.24) is 15.0 Å². The molecule has 1 saturated heterocycles. The van der Waals surface area contributed by atoms with Gasteiger partial charge in [-0.1, -0.05) is 5.16 Å². The number of aryl methyl sites for hydroxylation is 1. The van der Waals surface area contributed by atoms with Crippen LogP contribution in [0, 0.1) is 6.92 Å². The summed E-state index contributed by atoms with van der Waals surface area (Å²) in [5, 5.41) is 3.72. The van der Waals surface area contributed by atoms with Crippen molar-refractivity contribution in [3.63, 3.8) is 0 Å². The van der Waals surface area contributed by atoms with Gasteiger partial charge >= 0.3 is 6.09 Å². The van der Waals surface area contributed by atoms with Crippen LogP contribution in [-0.2, 0) is 4.74 Å². The lowest BCUT2D eigenvalue weighted by Crippen LogP contribution is -2.47. The molecule has 17 heavy (non-hydrogen) atoms. The number of carbonyl (C=O) groups excluding carboxylic acids is 1. The molecule has 0 aromatic carbocycles. The average molecular weight is 239 g/mol. The summed E-state index contributed by atoms with van der Waals surface area (Å²) in [4.78, 5) is 17.6. The lowest BCUT2D eigenvalue weighted by atomic mass is 10.0. The van der Waals surface area contributed by atoms with Gasteiger partial charge in [0.15, 0.2) is 5.82 Å². The molecule has 2 rings (SSSR count). The first kappa shape index (κ1) is 11.9. The summed E-state index contributed by atoms with van der Waals surface area (Å²) in [7, 11) is 0. The van der Waals surface area contributed by atoms with Crippen LogP contribution in [-0.4, -0.2) is 33.3 Å². The molecule has 1 fully saturated rings. The second kappa shape index (κ2) is 4.01. The number of nitrogens with zero attached hydrogens (tertiary/aromatic N) is 3. The molecule has 0 unspecified atom stereocenters. The maximum atomic E-state index is 11.8. The van der Waals surface area contributed by atoms with E-state index in [0.717, 1.165) is 6.42 Å². The summed E-state index contributed by atoms with van der Waals surface area (Å²) in [6.45, 7) is 7.95. The number of likely N-dealkylation sites (tertiary alicyclic amines) is 1. The van der Waals surface area contributed by atoms with E-state index < -0.39 is 5.60 Å². The number of carbonyl (C=O) groups is 1. The molecule has 0 saturated carbocycles. The first-order valence-corrected chi connectivity index (χ1v) is 5.66. The van der Waals surface area contributed by atoms with E-state index in [0.29, 0.717) is 18.3 Å². The second-order valence-electron chi connectivity index (χ2n) is 5.16. The van der Waals surface area contributed by atoms with E-state index in [4.69, 9.17) is 9.26 Å². The fraction of sp³-hybridized carbons (Fsp3) is 0.727. The van der Waals surface area contributed by atoms with Gasteiger partial charge in [0.1, 0.15) is 11.6 Å². The smallest absolute Gasteiger partial charge is 0.410 e. The summed E-state index contributed by atoms with van der Waals surface area (Å²) in [5.41, 5.74) is -0.484. The minimum absolute atomic E-state index is 0.133. The van der Waals surface area contributed by atoms with Gasteiger partial charge in [-0.25, -0.2) is 4.79 Å². The van der Waals surface area contributed by atoms with Crippen molar-refractivity contribution in [2.45, 2.75) is 45.8 Å². The Morgan fingerprint density at radius 2 is 2.24 bits per heavy atom. The predicted octanol–water partition coefficient (Wildman–Crippen LogP) is 2.06. The first-order chi connectivity index (χ1) is 7.87. The fourth-order valence-corrected chi connectivity index (χ4v) is 1.63. The molecule has 1 aromatic rings. The Morgan fingerprint density at radius 3 is 2.65 bits per heavy atom. The highest BCUT2D eigenvalue weighted by Crippen LogP contribution is 2.33. The third kappa shape index (κ3) is 2.57. The van der Waals surface area contributed by atoms with Crippen LogP contribution in [0.5, 0.6) is 0 Å². The third-order valence-corrected chi connectivity index (χ3v) is 2.48. The largest absolute Gasteiger partial charge is 0.444 e. The van der Waals surface area contributed by atoms with E-state index in [9.17, 15) is 4.79 Å². The van der Waals surface area contributed by atoms with Crippen LogP contribution >= 0.6 is 0 Å². The van der Waals surface area contributed by atoms with Crippen molar-refractivity contribution >= 4 is 6.09 Å². The topological polar surface area (TPSA) is 68.5 Å². The second-order valence-corrected chi connectivity index (χ2v) is 5.16. The molecule has 94 valence electrons. The van der Waals surface area contributed by atoms with Gasteiger partial charge in [0.2, 0.25) is 5.89 Å². The molecule has 6 heteroatoms. The van der Waals surface area contributed by atoms with E-state index >= 15 is 0 Å². The van der Waals surface area contributed by atoms with Crippen LogP contribution < -0.4 is 0 Å². The minimum atomic E-state index is -0.484. The Hall–Kier alpha value is -1.59. The van der Waals surface area contributed by atoms with Crippen molar-refractivity contribution in [3.8, 4) is 0 Å². The predicted molar refractivity (Wildman–Crippen MR) is 59.3 cm³/mol. The van der Waals surface area contributed by atoms with Crippen LogP contribution in [0.4, 0.5) is 4.79 Å². The maximum absolute atomic E-state index is 11.8. The summed E-state index contributed by atoms with van der Waals surface area (Å²) < 4.78 is 10.4. The molecule has 1 amide bonds. The van der Waals surface area contributed by atoms with Crippen molar-refractivity contribution in [2.24, 2.45) is 0 Å². The zero-order valence-electron chi connectivity index (χ0n) is 10.6. The van der Waals surface area contributed by atoms with Crippen LogP contribution in [0.25, 0.3) is 0 Å². The Kier molecular flexibility index (Phi) is 2.81. The highest BCUT2D eigenvalue weighted by molar-refractivity contribution is 5.69. The van der Waals surface area contributed by atoms with Crippen molar-refractivity contribution in [2.75, 3.05) is 6.54 Å². The van der Waals surface area contributed by atoms with E-state index in [2.05, 4.69) is 10.1 Å². The monoisotopic (exact) mass is 239 g/mol. The number of ether oxygens (including phenoxy) is 1. The van der Waals surface area contributed by atoms with Crippen LogP contribution in [0.15, 0.2) is 4.52 Å². The highest BCUT2D eigenvalue weighted by atomic mass is 16.6. The molecule has 1 aliphatic rings. The molecule has 6 nitrogen and oxygen atoms in total. The summed E-state index contributed by atoms with van der Waals surface area (Å²) >= 11 is 0. The lowest BCUT2D eigenvalue weighted by Gasteiger charge is -2.39. The molecule has 0 N–H and O–H groups in total. The molecule has 1 aromatic heterocycles. The lowest BCUT2D eigenvalue weighted by molar-refractivity contribution is -0.0119. The first-order valence-electron chi connectivity index (χ1n) is 5.66. The molecule has 1 aliphatic heterocycles. The number of rotatable bonds is 1. The average Bonchev–Trinajstić information content (AvgIpc) is 2.45. The van der Waals surface area contributed by atoms with Crippen LogP contribution in [0.3, 0.4) is 0 Å². The van der Waals surface area contributed by atoms with Gasteiger partial charge in [-0.15, -0.1) is 0 Å². The fourth-order valence-electron chi connectivity index (χ4n) is 1.63. The number of hydrogen-bond donors (Lipinski definition) is 0. The van der Waals surface area contributed by atoms with Gasteiger partial charge in [-0.05, 0) is 34.1 Å². The molecule has 0 aliphatic carbocycles. The maximum Gasteiger partial charge on any atom is 0.410 e. The van der Waals surface area contributed by atoms with Gasteiger partial charge in [0, 0.05) is 6.54 Å². The van der Waals surface area contributed by atoms with Crippen molar-refractivity contribution in [1.29, 1.82) is 0 Å². The molecule has 0 bridgehead atoms. The molecule has 0 spiro atoms. The highest BCUT2D eigenvalue weighted by Gasteiger charge is 2.39. The third-order valence-electron chi connectivity index (χ3n) is 2.48. The van der Waals surface area contributed by atoms with Crippen LogP contribution in [0.1, 0.15) is 44.9 Å². The summed E-state index contributed by atoms with van der Waals surface area (Å²) in [5.74, 6) is 1.07. The van der Waals surface area contributed by atoms with Gasteiger partial charge in [-0.3, -0.25) is 4.90 Å². The Labute approximate surface area is 99.9 Å². The SMILES string of the molecule is Cc1noc([C@@H]2CCN2C(=O)OC(C)(C)C)n1. The van der Waals surface area contributed by atoms with Gasteiger partial charge in [0.25, 0.3) is 0 Å². The van der Waals surface area contributed by atoms with Gasteiger partial charge < -0.3 is 9.26 Å². The Morgan fingerprint density at radius 1 is 1.53 bits per heavy atom. The van der Waals surface area contributed by atoms with E-state index in [-0.39, 0.29) is 12.1 Å². The summed E-state index contributed by atoms with van der Waals surface area (Å²) in [6, 6.07) is -0.133. The number of hydrogen-bond acceptors (Lipinski definition) is 5. The van der Waals surface area contributed by atoms with Crippen molar-refractivity contribution in [3.05, 3.63) is 11.7 Å². The Bertz CT molecular complexity index is 422. The molecule has 0 radical (unpaired) electrons. The normalized spacial score (nSPS) is 20.0. The quantitative estimate of drug-likeness (QED) is 0.750. The van der Waals surface area contributed by atoms with Gasteiger partial charge in [0.05, 0.1) is 0 Å². The number of aromatic nitrogens is 2. The number of amides is 1. The van der Waals surface area contributed by atoms with E-state index in [1.165, 1.54) is 0 Å².